The quantitative estimate of drug-likeness (QED) is 0.708. The molecule has 3 N–H and O–H groups in total. The number of alkyl halides is 3. The Labute approximate surface area is 149 Å². The van der Waals surface area contributed by atoms with Gasteiger partial charge in [-0.2, -0.15) is 18.2 Å². The van der Waals surface area contributed by atoms with Crippen molar-refractivity contribution in [2.24, 2.45) is 5.73 Å². The lowest BCUT2D eigenvalue weighted by Crippen LogP contribution is -2.37. The predicted octanol–water partition coefficient (Wildman–Crippen LogP) is 0.431. The molecule has 2 aromatic rings. The minimum Gasteiger partial charge on any atom is -0.456 e. The summed E-state index contributed by atoms with van der Waals surface area (Å²) in [5, 5.41) is 5.13. The zero-order valence-corrected chi connectivity index (χ0v) is 14.3. The van der Waals surface area contributed by atoms with Gasteiger partial charge in [-0.3, -0.25) is 14.9 Å². The van der Waals surface area contributed by atoms with Gasteiger partial charge in [-0.1, -0.05) is 0 Å². The van der Waals surface area contributed by atoms with E-state index in [0.717, 1.165) is 4.52 Å². The molecule has 0 aliphatic heterocycles. The van der Waals surface area contributed by atoms with Gasteiger partial charge in [0.2, 0.25) is 0 Å². The number of nitrogens with zero attached hydrogens (tertiary/aromatic N) is 4. The van der Waals surface area contributed by atoms with Crippen LogP contribution in [0.3, 0.4) is 0 Å². The van der Waals surface area contributed by atoms with Crippen molar-refractivity contribution < 1.29 is 32.3 Å². The number of imide groups is 1. The van der Waals surface area contributed by atoms with E-state index < -0.39 is 36.5 Å². The number of fused-ring (bicyclic) bond motifs is 1. The van der Waals surface area contributed by atoms with Crippen LogP contribution in [0.4, 0.5) is 18.0 Å². The molecule has 2 rings (SSSR count). The van der Waals surface area contributed by atoms with E-state index in [0.29, 0.717) is 17.0 Å². The van der Waals surface area contributed by atoms with Crippen LogP contribution in [0.15, 0.2) is 0 Å². The topological polar surface area (TPSA) is 142 Å². The van der Waals surface area contributed by atoms with Crippen LogP contribution < -0.4 is 11.1 Å². The summed E-state index contributed by atoms with van der Waals surface area (Å²) in [6.45, 7) is 2.41. The number of nitrogens with two attached hydrogens (primary N) is 1. The molecule has 0 aliphatic carbocycles. The summed E-state index contributed by atoms with van der Waals surface area (Å²) in [7, 11) is 0. The summed E-state index contributed by atoms with van der Waals surface area (Å²) in [5.41, 5.74) is 5.98. The fraction of sp³-hybridized carbons (Fsp3) is 0.429. The zero-order valence-electron chi connectivity index (χ0n) is 14.3. The second kappa shape index (κ2) is 7.55. The number of primary amides is 1. The maximum atomic E-state index is 12.8. The molecular formula is C14H15F3N6O4. The van der Waals surface area contributed by atoms with Gasteiger partial charge in [-0.15, -0.1) is 5.10 Å². The monoisotopic (exact) mass is 388 g/mol. The van der Waals surface area contributed by atoms with Crippen molar-refractivity contribution in [3.05, 3.63) is 22.8 Å². The Kier molecular flexibility index (Phi) is 5.61. The third kappa shape index (κ3) is 4.89. The molecule has 10 nitrogen and oxygen atoms in total. The lowest BCUT2D eigenvalue weighted by atomic mass is 10.1. The van der Waals surface area contributed by atoms with Crippen LogP contribution in [0.25, 0.3) is 5.78 Å². The van der Waals surface area contributed by atoms with Crippen LogP contribution in [0, 0.1) is 13.8 Å². The molecule has 146 valence electrons. The Morgan fingerprint density at radius 3 is 2.48 bits per heavy atom. The molecule has 27 heavy (non-hydrogen) atoms. The summed E-state index contributed by atoms with van der Waals surface area (Å²) in [6.07, 6.45) is -4.78. The van der Waals surface area contributed by atoms with Crippen LogP contribution in [0.1, 0.15) is 29.2 Å². The molecule has 0 atom stereocenters. The number of hydrogen-bond donors (Lipinski definition) is 2. The lowest BCUT2D eigenvalue weighted by Gasteiger charge is -2.10. The van der Waals surface area contributed by atoms with Gasteiger partial charge in [-0.25, -0.2) is 14.3 Å². The van der Waals surface area contributed by atoms with Gasteiger partial charge in [0, 0.05) is 17.8 Å². The minimum absolute atomic E-state index is 0.0953. The van der Waals surface area contributed by atoms with E-state index in [-0.39, 0.29) is 18.6 Å². The van der Waals surface area contributed by atoms with Crippen molar-refractivity contribution >= 4 is 23.7 Å². The van der Waals surface area contributed by atoms with E-state index in [1.807, 2.05) is 0 Å². The van der Waals surface area contributed by atoms with Gasteiger partial charge in [0.05, 0.1) is 0 Å². The molecule has 0 saturated carbocycles. The molecule has 0 fully saturated rings. The third-order valence-corrected chi connectivity index (χ3v) is 3.51. The van der Waals surface area contributed by atoms with Crippen molar-refractivity contribution in [1.29, 1.82) is 0 Å². The number of rotatable bonds is 5. The maximum Gasteiger partial charge on any atom is 0.453 e. The fourth-order valence-electron chi connectivity index (χ4n) is 2.31. The number of ether oxygens (including phenoxy) is 1. The Morgan fingerprint density at radius 2 is 1.89 bits per heavy atom. The van der Waals surface area contributed by atoms with Gasteiger partial charge in [0.1, 0.15) is 0 Å². The van der Waals surface area contributed by atoms with Crippen molar-refractivity contribution in [3.8, 4) is 0 Å². The van der Waals surface area contributed by atoms with Crippen LogP contribution in [0.2, 0.25) is 0 Å². The minimum atomic E-state index is -4.70. The molecule has 0 spiro atoms. The van der Waals surface area contributed by atoms with Crippen LogP contribution in [-0.2, 0) is 26.9 Å². The van der Waals surface area contributed by atoms with E-state index in [4.69, 9.17) is 5.73 Å². The molecule has 0 aromatic carbocycles. The largest absolute Gasteiger partial charge is 0.456 e. The first-order valence-electron chi connectivity index (χ1n) is 7.54. The summed E-state index contributed by atoms with van der Waals surface area (Å²) >= 11 is 0. The van der Waals surface area contributed by atoms with E-state index in [1.54, 1.807) is 12.2 Å². The highest BCUT2D eigenvalue weighted by atomic mass is 19.4. The first kappa shape index (κ1) is 20.1. The number of nitrogens with one attached hydrogen (secondary N) is 1. The number of amides is 3. The fourth-order valence-corrected chi connectivity index (χ4v) is 2.31. The molecular weight excluding hydrogens is 373 g/mol. The van der Waals surface area contributed by atoms with Gasteiger partial charge in [0.25, 0.3) is 17.5 Å². The molecule has 0 unspecified atom stereocenters. The average Bonchev–Trinajstić information content (AvgIpc) is 2.96. The highest BCUT2D eigenvalue weighted by Gasteiger charge is 2.36. The number of urea groups is 1. The standard InChI is InChI=1S/C14H15F3N6O4/c1-6-8(3-4-10(25)27-5-9(24)20-12(18)26)7(2)23-13(19-6)21-11(22-23)14(15,16)17/h3-5H2,1-2H3,(H3,18,20,24,26). The van der Waals surface area contributed by atoms with Crippen molar-refractivity contribution in [2.45, 2.75) is 32.9 Å². The number of esters is 1. The molecule has 0 radical (unpaired) electrons. The third-order valence-electron chi connectivity index (χ3n) is 3.51. The first-order valence-corrected chi connectivity index (χ1v) is 7.54. The van der Waals surface area contributed by atoms with Crippen LogP contribution in [0.5, 0.6) is 0 Å². The zero-order chi connectivity index (χ0) is 20.4. The Balaban J connectivity index is 2.09. The number of carbonyl (C=O) groups excluding carboxylic acids is 3. The number of halogens is 3. The van der Waals surface area contributed by atoms with E-state index in [9.17, 15) is 27.6 Å². The molecule has 0 aliphatic rings. The number of aryl methyl sites for hydroxylation is 2. The average molecular weight is 388 g/mol. The summed E-state index contributed by atoms with van der Waals surface area (Å²) in [5.74, 6) is -3.14. The highest BCUT2D eigenvalue weighted by Crippen LogP contribution is 2.27. The first-order chi connectivity index (χ1) is 12.5. The summed E-state index contributed by atoms with van der Waals surface area (Å²) in [4.78, 5) is 40.7. The van der Waals surface area contributed by atoms with Crippen LogP contribution in [-0.4, -0.2) is 44.1 Å². The van der Waals surface area contributed by atoms with Gasteiger partial charge >= 0.3 is 18.2 Å². The molecule has 2 aromatic heterocycles. The smallest absolute Gasteiger partial charge is 0.453 e. The predicted molar refractivity (Wildman–Crippen MR) is 82.3 cm³/mol. The highest BCUT2D eigenvalue weighted by molar-refractivity contribution is 5.94. The van der Waals surface area contributed by atoms with Crippen molar-refractivity contribution in [3.63, 3.8) is 0 Å². The summed E-state index contributed by atoms with van der Waals surface area (Å²) < 4.78 is 43.9. The van der Waals surface area contributed by atoms with E-state index in [1.165, 1.54) is 6.92 Å². The normalized spacial score (nSPS) is 11.4. The second-order valence-electron chi connectivity index (χ2n) is 5.48. The molecule has 3 amide bonds. The molecule has 13 heteroatoms. The number of aromatic nitrogens is 4. The van der Waals surface area contributed by atoms with E-state index in [2.05, 4.69) is 19.8 Å². The Bertz CT molecular complexity index is 908. The Hall–Kier alpha value is -3.25. The number of carbonyl (C=O) groups is 3. The number of hydrogen-bond acceptors (Lipinski definition) is 7. The summed E-state index contributed by atoms with van der Waals surface area (Å²) in [6, 6.07) is -1.08. The van der Waals surface area contributed by atoms with Crippen LogP contribution >= 0.6 is 0 Å². The van der Waals surface area contributed by atoms with Gasteiger partial charge < -0.3 is 10.5 Å². The molecule has 0 saturated heterocycles. The van der Waals surface area contributed by atoms with E-state index >= 15 is 0 Å². The molecule has 0 bridgehead atoms. The van der Waals surface area contributed by atoms with Crippen molar-refractivity contribution in [2.75, 3.05) is 6.61 Å². The Morgan fingerprint density at radius 1 is 1.22 bits per heavy atom. The van der Waals surface area contributed by atoms with Gasteiger partial charge in [0.15, 0.2) is 6.61 Å². The second-order valence-corrected chi connectivity index (χ2v) is 5.48. The SMILES string of the molecule is Cc1nc2nc(C(F)(F)F)nn2c(C)c1CCC(=O)OCC(=O)NC(N)=O. The molecule has 2 heterocycles. The van der Waals surface area contributed by atoms with Gasteiger partial charge in [-0.05, 0) is 25.8 Å². The lowest BCUT2D eigenvalue weighted by molar-refractivity contribution is -0.148. The maximum absolute atomic E-state index is 12.8. The van der Waals surface area contributed by atoms with Crippen molar-refractivity contribution in [1.82, 2.24) is 24.9 Å².